The maximum Gasteiger partial charge on any atom is 0.238 e. The van der Waals surface area contributed by atoms with Gasteiger partial charge in [-0.2, -0.15) is 5.26 Å². The topological polar surface area (TPSA) is 65.4 Å². The predicted octanol–water partition coefficient (Wildman–Crippen LogP) is 1.13. The van der Waals surface area contributed by atoms with Gasteiger partial charge in [0.15, 0.2) is 0 Å². The average molecular weight is 261 g/mol. The maximum atomic E-state index is 11.7. The molecule has 1 atom stereocenters. The Morgan fingerprint density at radius 3 is 2.74 bits per heavy atom. The summed E-state index contributed by atoms with van der Waals surface area (Å²) in [5.74, 6) is 0.581. The van der Waals surface area contributed by atoms with Crippen LogP contribution in [0.15, 0.2) is 18.2 Å². The molecule has 102 valence electrons. The van der Waals surface area contributed by atoms with Crippen molar-refractivity contribution in [2.75, 3.05) is 21.2 Å². The monoisotopic (exact) mass is 261 g/mol. The van der Waals surface area contributed by atoms with Crippen molar-refractivity contribution in [2.24, 2.45) is 0 Å². The van der Waals surface area contributed by atoms with Gasteiger partial charge in [-0.05, 0) is 24.6 Å². The van der Waals surface area contributed by atoms with Crippen molar-refractivity contribution in [1.29, 1.82) is 5.26 Å². The van der Waals surface area contributed by atoms with Crippen LogP contribution in [-0.2, 0) is 11.3 Å². The Hall–Kier alpha value is -2.06. The first-order valence-corrected chi connectivity index (χ1v) is 6.01. The molecule has 0 radical (unpaired) electrons. The summed E-state index contributed by atoms with van der Waals surface area (Å²) in [5.41, 5.74) is 1.43. The summed E-state index contributed by atoms with van der Waals surface area (Å²) >= 11 is 0. The molecule has 5 nitrogen and oxygen atoms in total. The average Bonchev–Trinajstić information content (AvgIpc) is 2.43. The van der Waals surface area contributed by atoms with Crippen molar-refractivity contribution in [1.82, 2.24) is 10.2 Å². The molecular formula is C14H19N3O2. The number of benzene rings is 1. The second-order valence-electron chi connectivity index (χ2n) is 4.48. The van der Waals surface area contributed by atoms with Gasteiger partial charge in [-0.3, -0.25) is 4.79 Å². The number of nitrogens with one attached hydrogen (secondary N) is 1. The SMILES string of the molecule is COc1ccc(CNC(C)C(=O)N(C)C)cc1C#N. The number of nitriles is 1. The van der Waals surface area contributed by atoms with Crippen LogP contribution in [0.2, 0.25) is 0 Å². The van der Waals surface area contributed by atoms with E-state index in [0.717, 1.165) is 5.56 Å². The largest absolute Gasteiger partial charge is 0.495 e. The zero-order chi connectivity index (χ0) is 14.4. The number of likely N-dealkylation sites (N-methyl/N-ethyl adjacent to an activating group) is 1. The number of amides is 1. The third-order valence-electron chi connectivity index (χ3n) is 2.81. The van der Waals surface area contributed by atoms with Crippen molar-refractivity contribution in [3.05, 3.63) is 29.3 Å². The highest BCUT2D eigenvalue weighted by molar-refractivity contribution is 5.80. The number of methoxy groups -OCH3 is 1. The van der Waals surface area contributed by atoms with Gasteiger partial charge in [0, 0.05) is 20.6 Å². The van der Waals surface area contributed by atoms with Gasteiger partial charge in [-0.25, -0.2) is 0 Å². The number of hydrogen-bond acceptors (Lipinski definition) is 4. The number of nitrogens with zero attached hydrogens (tertiary/aromatic N) is 2. The fourth-order valence-corrected chi connectivity index (χ4v) is 1.70. The van der Waals surface area contributed by atoms with Gasteiger partial charge in [0.05, 0.1) is 18.7 Å². The molecule has 0 spiro atoms. The molecule has 5 heteroatoms. The molecule has 0 aliphatic rings. The van der Waals surface area contributed by atoms with Gasteiger partial charge in [-0.1, -0.05) is 6.07 Å². The molecule has 1 rings (SSSR count). The van der Waals surface area contributed by atoms with Gasteiger partial charge in [0.2, 0.25) is 5.91 Å². The van der Waals surface area contributed by atoms with Crippen molar-refractivity contribution >= 4 is 5.91 Å². The van der Waals surface area contributed by atoms with Crippen molar-refractivity contribution in [3.63, 3.8) is 0 Å². The number of hydrogen-bond donors (Lipinski definition) is 1. The first-order chi connectivity index (χ1) is 8.99. The quantitative estimate of drug-likeness (QED) is 0.863. The Kier molecular flexibility index (Phi) is 5.34. The number of carbonyl (C=O) groups is 1. The van der Waals surface area contributed by atoms with E-state index < -0.39 is 0 Å². The number of carbonyl (C=O) groups excluding carboxylic acids is 1. The van der Waals surface area contributed by atoms with E-state index in [1.807, 2.05) is 13.0 Å². The summed E-state index contributed by atoms with van der Waals surface area (Å²) < 4.78 is 5.08. The highest BCUT2D eigenvalue weighted by Gasteiger charge is 2.14. The molecular weight excluding hydrogens is 242 g/mol. The smallest absolute Gasteiger partial charge is 0.238 e. The van der Waals surface area contributed by atoms with E-state index in [0.29, 0.717) is 17.9 Å². The van der Waals surface area contributed by atoms with Crippen molar-refractivity contribution in [2.45, 2.75) is 19.5 Å². The minimum Gasteiger partial charge on any atom is -0.495 e. The summed E-state index contributed by atoms with van der Waals surface area (Å²) in [6, 6.07) is 7.22. The van der Waals surface area contributed by atoms with Gasteiger partial charge < -0.3 is 15.0 Å². The molecule has 0 bridgehead atoms. The number of ether oxygens (including phenoxy) is 1. The fourth-order valence-electron chi connectivity index (χ4n) is 1.70. The second kappa shape index (κ2) is 6.76. The van der Waals surface area contributed by atoms with Crippen LogP contribution in [0.5, 0.6) is 5.75 Å². The molecule has 0 saturated heterocycles. The molecule has 1 N–H and O–H groups in total. The molecule has 19 heavy (non-hydrogen) atoms. The lowest BCUT2D eigenvalue weighted by Crippen LogP contribution is -2.41. The highest BCUT2D eigenvalue weighted by atomic mass is 16.5. The fraction of sp³-hybridized carbons (Fsp3) is 0.429. The molecule has 0 fully saturated rings. The van der Waals surface area contributed by atoms with E-state index >= 15 is 0 Å². The lowest BCUT2D eigenvalue weighted by molar-refractivity contribution is -0.130. The van der Waals surface area contributed by atoms with Crippen molar-refractivity contribution < 1.29 is 9.53 Å². The highest BCUT2D eigenvalue weighted by Crippen LogP contribution is 2.18. The van der Waals surface area contributed by atoms with Gasteiger partial charge in [0.25, 0.3) is 0 Å². The van der Waals surface area contributed by atoms with Gasteiger partial charge in [0.1, 0.15) is 11.8 Å². The molecule has 0 aromatic heterocycles. The third kappa shape index (κ3) is 3.97. The Balaban J connectivity index is 2.69. The molecule has 1 aromatic rings. The zero-order valence-corrected chi connectivity index (χ0v) is 11.7. The first kappa shape index (κ1) is 15.0. The van der Waals surface area contributed by atoms with Crippen LogP contribution in [-0.4, -0.2) is 38.1 Å². The summed E-state index contributed by atoms with van der Waals surface area (Å²) in [6.45, 7) is 2.34. The molecule has 0 aliphatic carbocycles. The Morgan fingerprint density at radius 1 is 1.53 bits per heavy atom. The Labute approximate surface area is 113 Å². The standard InChI is InChI=1S/C14H19N3O2/c1-10(14(18)17(2)3)16-9-11-5-6-13(19-4)12(7-11)8-15/h5-7,10,16H,9H2,1-4H3. The van der Waals surface area contributed by atoms with Crippen LogP contribution in [0.4, 0.5) is 0 Å². The summed E-state index contributed by atoms with van der Waals surface area (Å²) in [5, 5.41) is 12.1. The summed E-state index contributed by atoms with van der Waals surface area (Å²) in [4.78, 5) is 13.2. The molecule has 0 aliphatic heterocycles. The van der Waals surface area contributed by atoms with Gasteiger partial charge >= 0.3 is 0 Å². The zero-order valence-electron chi connectivity index (χ0n) is 11.7. The number of rotatable bonds is 5. The van der Waals surface area contributed by atoms with Crippen LogP contribution < -0.4 is 10.1 Å². The maximum absolute atomic E-state index is 11.7. The van der Waals surface area contributed by atoms with E-state index in [9.17, 15) is 4.79 Å². The van der Waals surface area contributed by atoms with E-state index in [-0.39, 0.29) is 11.9 Å². The lowest BCUT2D eigenvalue weighted by Gasteiger charge is -2.18. The van der Waals surface area contributed by atoms with E-state index in [2.05, 4.69) is 11.4 Å². The van der Waals surface area contributed by atoms with Crippen LogP contribution in [0.1, 0.15) is 18.1 Å². The van der Waals surface area contributed by atoms with E-state index in [4.69, 9.17) is 10.00 Å². The van der Waals surface area contributed by atoms with Crippen LogP contribution >= 0.6 is 0 Å². The molecule has 1 unspecified atom stereocenters. The summed E-state index contributed by atoms with van der Waals surface area (Å²) in [6.07, 6.45) is 0. The minimum absolute atomic E-state index is 0.0222. The van der Waals surface area contributed by atoms with Crippen LogP contribution in [0, 0.1) is 11.3 Å². The summed E-state index contributed by atoms with van der Waals surface area (Å²) in [7, 11) is 4.98. The van der Waals surface area contributed by atoms with E-state index in [1.54, 1.807) is 31.1 Å². The first-order valence-electron chi connectivity index (χ1n) is 6.01. The van der Waals surface area contributed by atoms with Crippen LogP contribution in [0.25, 0.3) is 0 Å². The van der Waals surface area contributed by atoms with E-state index in [1.165, 1.54) is 7.11 Å². The third-order valence-corrected chi connectivity index (χ3v) is 2.81. The van der Waals surface area contributed by atoms with Crippen molar-refractivity contribution in [3.8, 4) is 11.8 Å². The van der Waals surface area contributed by atoms with Crippen LogP contribution in [0.3, 0.4) is 0 Å². The second-order valence-corrected chi connectivity index (χ2v) is 4.48. The Morgan fingerprint density at radius 2 is 2.21 bits per heavy atom. The lowest BCUT2D eigenvalue weighted by atomic mass is 10.1. The Bertz CT molecular complexity index is 492. The van der Waals surface area contributed by atoms with Gasteiger partial charge in [-0.15, -0.1) is 0 Å². The molecule has 1 aromatic carbocycles. The molecule has 0 heterocycles. The molecule has 0 saturated carbocycles. The molecule has 1 amide bonds. The predicted molar refractivity (Wildman–Crippen MR) is 72.7 cm³/mol. The normalized spacial score (nSPS) is 11.5. The minimum atomic E-state index is -0.261.